The molecule has 0 saturated carbocycles. The van der Waals surface area contributed by atoms with Crippen LogP contribution in [0, 0.1) is 13.8 Å². The summed E-state index contributed by atoms with van der Waals surface area (Å²) in [5.74, 6) is 0.178. The standard InChI is InChI=1S/C13H20N2O3/c1-9-8-11(16)18-10(2)12(9)13(17)14-6-5-7-15(3)4/h8H,5-7H2,1-4H3,(H,14,17). The highest BCUT2D eigenvalue weighted by molar-refractivity contribution is 5.96. The van der Waals surface area contributed by atoms with Crippen LogP contribution in [0.4, 0.5) is 0 Å². The first-order valence-corrected chi connectivity index (χ1v) is 5.96. The molecule has 5 heteroatoms. The summed E-state index contributed by atoms with van der Waals surface area (Å²) in [6.07, 6.45) is 0.883. The molecule has 0 radical (unpaired) electrons. The average Bonchev–Trinajstić information content (AvgIpc) is 2.22. The zero-order valence-electron chi connectivity index (χ0n) is 11.4. The Kier molecular flexibility index (Phi) is 5.09. The summed E-state index contributed by atoms with van der Waals surface area (Å²) in [7, 11) is 3.98. The third kappa shape index (κ3) is 4.00. The van der Waals surface area contributed by atoms with Gasteiger partial charge in [0.15, 0.2) is 0 Å². The largest absolute Gasteiger partial charge is 0.427 e. The van der Waals surface area contributed by atoms with Gasteiger partial charge < -0.3 is 14.6 Å². The number of hydrogen-bond acceptors (Lipinski definition) is 4. The van der Waals surface area contributed by atoms with Crippen LogP contribution in [0.15, 0.2) is 15.3 Å². The van der Waals surface area contributed by atoms with Gasteiger partial charge >= 0.3 is 5.63 Å². The Labute approximate surface area is 107 Å². The molecule has 0 atom stereocenters. The van der Waals surface area contributed by atoms with Crippen LogP contribution >= 0.6 is 0 Å². The lowest BCUT2D eigenvalue weighted by molar-refractivity contribution is 0.0948. The lowest BCUT2D eigenvalue weighted by Crippen LogP contribution is -2.28. The summed E-state index contributed by atoms with van der Waals surface area (Å²) in [5.41, 5.74) is 0.683. The molecule has 0 bridgehead atoms. The van der Waals surface area contributed by atoms with E-state index in [0.29, 0.717) is 23.4 Å². The molecular weight excluding hydrogens is 232 g/mol. The maximum atomic E-state index is 12.0. The minimum absolute atomic E-state index is 0.187. The van der Waals surface area contributed by atoms with Crippen molar-refractivity contribution in [2.75, 3.05) is 27.2 Å². The fraction of sp³-hybridized carbons (Fsp3) is 0.538. The van der Waals surface area contributed by atoms with Crippen molar-refractivity contribution < 1.29 is 9.21 Å². The van der Waals surface area contributed by atoms with E-state index in [4.69, 9.17) is 4.42 Å². The maximum absolute atomic E-state index is 12.0. The topological polar surface area (TPSA) is 62.6 Å². The van der Waals surface area contributed by atoms with Gasteiger partial charge in [-0.15, -0.1) is 0 Å². The Morgan fingerprint density at radius 3 is 2.61 bits per heavy atom. The van der Waals surface area contributed by atoms with Crippen molar-refractivity contribution in [2.45, 2.75) is 20.3 Å². The van der Waals surface area contributed by atoms with Crippen LogP contribution in [0.25, 0.3) is 0 Å². The monoisotopic (exact) mass is 252 g/mol. The van der Waals surface area contributed by atoms with E-state index in [0.717, 1.165) is 13.0 Å². The predicted octanol–water partition coefficient (Wildman–Crippen LogP) is 0.938. The summed E-state index contributed by atoms with van der Waals surface area (Å²) in [6, 6.07) is 1.34. The molecule has 5 nitrogen and oxygen atoms in total. The molecule has 1 N–H and O–H groups in total. The van der Waals surface area contributed by atoms with Gasteiger partial charge in [-0.25, -0.2) is 4.79 Å². The number of carbonyl (C=O) groups is 1. The SMILES string of the molecule is Cc1cc(=O)oc(C)c1C(=O)NCCCN(C)C. The minimum atomic E-state index is -0.422. The van der Waals surface area contributed by atoms with Crippen molar-refractivity contribution in [3.05, 3.63) is 33.4 Å². The molecule has 1 aromatic heterocycles. The fourth-order valence-corrected chi connectivity index (χ4v) is 1.78. The van der Waals surface area contributed by atoms with E-state index in [2.05, 4.69) is 10.2 Å². The van der Waals surface area contributed by atoms with Gasteiger partial charge in [0.2, 0.25) is 0 Å². The van der Waals surface area contributed by atoms with E-state index in [1.165, 1.54) is 6.07 Å². The highest BCUT2D eigenvalue weighted by Crippen LogP contribution is 2.10. The molecule has 0 aromatic carbocycles. The number of hydrogen-bond donors (Lipinski definition) is 1. The Bertz CT molecular complexity index is 451. The van der Waals surface area contributed by atoms with Gasteiger partial charge in [-0.3, -0.25) is 4.79 Å². The van der Waals surface area contributed by atoms with Crippen molar-refractivity contribution in [1.82, 2.24) is 10.2 Å². The van der Waals surface area contributed by atoms with Gasteiger partial charge in [0.05, 0.1) is 5.56 Å². The number of amides is 1. The van der Waals surface area contributed by atoms with Gasteiger partial charge in [0, 0.05) is 12.6 Å². The smallest absolute Gasteiger partial charge is 0.336 e. The highest BCUT2D eigenvalue weighted by atomic mass is 16.4. The number of carbonyl (C=O) groups excluding carboxylic acids is 1. The van der Waals surface area contributed by atoms with Crippen molar-refractivity contribution in [1.29, 1.82) is 0 Å². The second-order valence-corrected chi connectivity index (χ2v) is 4.59. The molecular formula is C13H20N2O3. The molecule has 0 saturated heterocycles. The third-order valence-corrected chi connectivity index (χ3v) is 2.63. The first-order chi connectivity index (χ1) is 8.41. The van der Waals surface area contributed by atoms with Gasteiger partial charge in [0.1, 0.15) is 5.76 Å². The summed E-state index contributed by atoms with van der Waals surface area (Å²) in [4.78, 5) is 25.1. The summed E-state index contributed by atoms with van der Waals surface area (Å²) in [5, 5.41) is 2.83. The normalized spacial score (nSPS) is 10.7. The van der Waals surface area contributed by atoms with Crippen molar-refractivity contribution in [3.8, 4) is 0 Å². The molecule has 0 fully saturated rings. The average molecular weight is 252 g/mol. The number of nitrogens with zero attached hydrogens (tertiary/aromatic N) is 1. The summed E-state index contributed by atoms with van der Waals surface area (Å²) in [6.45, 7) is 4.89. The van der Waals surface area contributed by atoms with Crippen molar-refractivity contribution in [3.63, 3.8) is 0 Å². The summed E-state index contributed by atoms with van der Waals surface area (Å²) >= 11 is 0. The maximum Gasteiger partial charge on any atom is 0.336 e. The Balaban J connectivity index is 2.65. The van der Waals surface area contributed by atoms with Gasteiger partial charge in [-0.05, 0) is 46.5 Å². The molecule has 0 unspecified atom stereocenters. The minimum Gasteiger partial charge on any atom is -0.427 e. The third-order valence-electron chi connectivity index (χ3n) is 2.63. The zero-order valence-corrected chi connectivity index (χ0v) is 11.4. The first kappa shape index (κ1) is 14.4. The molecule has 0 aliphatic rings. The molecule has 1 aromatic rings. The molecule has 1 rings (SSSR count). The quantitative estimate of drug-likeness (QED) is 0.792. The van der Waals surface area contributed by atoms with Crippen LogP contribution in [0.2, 0.25) is 0 Å². The lowest BCUT2D eigenvalue weighted by atomic mass is 10.1. The molecule has 0 spiro atoms. The van der Waals surface area contributed by atoms with E-state index >= 15 is 0 Å². The molecule has 18 heavy (non-hydrogen) atoms. The Morgan fingerprint density at radius 2 is 2.06 bits per heavy atom. The second kappa shape index (κ2) is 6.35. The van der Waals surface area contributed by atoms with E-state index in [1.54, 1.807) is 13.8 Å². The lowest BCUT2D eigenvalue weighted by Gasteiger charge is -2.11. The molecule has 100 valence electrons. The number of nitrogens with one attached hydrogen (secondary N) is 1. The van der Waals surface area contributed by atoms with Gasteiger partial charge in [-0.1, -0.05) is 0 Å². The summed E-state index contributed by atoms with van der Waals surface area (Å²) < 4.78 is 4.93. The van der Waals surface area contributed by atoms with Gasteiger partial charge in [0.25, 0.3) is 5.91 Å². The molecule has 1 amide bonds. The molecule has 0 aliphatic heterocycles. The highest BCUT2D eigenvalue weighted by Gasteiger charge is 2.14. The van der Waals surface area contributed by atoms with Gasteiger partial charge in [-0.2, -0.15) is 0 Å². The van der Waals surface area contributed by atoms with E-state index in [1.807, 2.05) is 14.1 Å². The Hall–Kier alpha value is -1.62. The van der Waals surface area contributed by atoms with Crippen LogP contribution in [-0.2, 0) is 0 Å². The number of aryl methyl sites for hydroxylation is 2. The van der Waals surface area contributed by atoms with Crippen LogP contribution in [0.1, 0.15) is 28.1 Å². The van der Waals surface area contributed by atoms with E-state index < -0.39 is 5.63 Å². The molecule has 1 heterocycles. The number of rotatable bonds is 5. The Morgan fingerprint density at radius 1 is 1.39 bits per heavy atom. The van der Waals surface area contributed by atoms with Crippen LogP contribution in [-0.4, -0.2) is 38.0 Å². The predicted molar refractivity (Wildman–Crippen MR) is 70.0 cm³/mol. The molecule has 0 aliphatic carbocycles. The first-order valence-electron chi connectivity index (χ1n) is 5.96. The zero-order chi connectivity index (χ0) is 13.7. The van der Waals surface area contributed by atoms with E-state index in [-0.39, 0.29) is 5.91 Å². The van der Waals surface area contributed by atoms with Crippen LogP contribution in [0.5, 0.6) is 0 Å². The second-order valence-electron chi connectivity index (χ2n) is 4.59. The van der Waals surface area contributed by atoms with Crippen molar-refractivity contribution in [2.24, 2.45) is 0 Å². The fourth-order valence-electron chi connectivity index (χ4n) is 1.78. The van der Waals surface area contributed by atoms with Crippen molar-refractivity contribution >= 4 is 5.91 Å². The van der Waals surface area contributed by atoms with Crippen LogP contribution < -0.4 is 10.9 Å². The van der Waals surface area contributed by atoms with E-state index in [9.17, 15) is 9.59 Å². The van der Waals surface area contributed by atoms with Crippen LogP contribution in [0.3, 0.4) is 0 Å².